The molecule has 9 aromatic rings. The van der Waals surface area contributed by atoms with E-state index in [0.717, 1.165) is 50.1 Å². The number of hydrogen-bond acceptors (Lipinski definition) is 3. The van der Waals surface area contributed by atoms with Crippen molar-refractivity contribution in [2.24, 2.45) is 23.7 Å². The molecule has 4 bridgehead atoms. The molecule has 0 amide bonds. The van der Waals surface area contributed by atoms with Crippen LogP contribution in [-0.2, 0) is 10.8 Å². The number of aromatic nitrogens is 3. The molecule has 1 spiro atoms. The second kappa shape index (κ2) is 13.4. The van der Waals surface area contributed by atoms with E-state index in [-0.39, 0.29) is 5.41 Å². The average Bonchev–Trinajstić information content (AvgIpc) is 3.32. The zero-order valence-electron chi connectivity index (χ0n) is 34.1. The van der Waals surface area contributed by atoms with Crippen molar-refractivity contribution >= 4 is 21.5 Å². The van der Waals surface area contributed by atoms with Gasteiger partial charge >= 0.3 is 0 Å². The lowest BCUT2D eigenvalue weighted by Crippen LogP contribution is -2.59. The van der Waals surface area contributed by atoms with Gasteiger partial charge in [-0.2, -0.15) is 0 Å². The fourth-order valence-electron chi connectivity index (χ4n) is 13.4. The van der Waals surface area contributed by atoms with E-state index in [2.05, 4.69) is 188 Å². The predicted molar refractivity (Wildman–Crippen MR) is 247 cm³/mol. The molecule has 5 aliphatic rings. The molecule has 14 rings (SSSR count). The molecule has 4 fully saturated rings. The van der Waals surface area contributed by atoms with Crippen molar-refractivity contribution in [2.75, 3.05) is 0 Å². The van der Waals surface area contributed by atoms with Gasteiger partial charge in [-0.05, 0) is 117 Å². The monoisotopic (exact) mass is 783 g/mol. The van der Waals surface area contributed by atoms with Crippen LogP contribution in [0.3, 0.4) is 0 Å². The molecule has 8 aromatic carbocycles. The first kappa shape index (κ1) is 35.1. The Morgan fingerprint density at radius 1 is 0.361 bits per heavy atom. The Kier molecular flexibility index (Phi) is 7.71. The van der Waals surface area contributed by atoms with E-state index in [9.17, 15) is 0 Å². The van der Waals surface area contributed by atoms with E-state index in [4.69, 9.17) is 15.0 Å². The highest BCUT2D eigenvalue weighted by atomic mass is 15.0. The Labute approximate surface area is 357 Å². The third kappa shape index (κ3) is 5.01. The summed E-state index contributed by atoms with van der Waals surface area (Å²) in [5.41, 5.74) is 10.8. The van der Waals surface area contributed by atoms with Gasteiger partial charge in [0.15, 0.2) is 17.5 Å². The molecule has 292 valence electrons. The van der Waals surface area contributed by atoms with Gasteiger partial charge in [-0.25, -0.2) is 15.0 Å². The second-order valence-electron chi connectivity index (χ2n) is 18.3. The number of benzene rings is 8. The molecular weight excluding hydrogens is 739 g/mol. The maximum atomic E-state index is 5.47. The normalized spacial score (nSPS) is 23.0. The molecule has 0 saturated heterocycles. The van der Waals surface area contributed by atoms with Crippen LogP contribution in [0, 0.1) is 23.7 Å². The van der Waals surface area contributed by atoms with Crippen LogP contribution >= 0.6 is 0 Å². The van der Waals surface area contributed by atoms with Crippen molar-refractivity contribution in [3.05, 3.63) is 221 Å². The second-order valence-corrected chi connectivity index (χ2v) is 18.3. The molecular formula is C58H45N3. The van der Waals surface area contributed by atoms with Gasteiger partial charge in [0.05, 0.1) is 5.41 Å². The van der Waals surface area contributed by atoms with Crippen molar-refractivity contribution in [1.82, 2.24) is 15.0 Å². The molecule has 3 heteroatoms. The predicted octanol–water partition coefficient (Wildman–Crippen LogP) is 13.6. The highest BCUT2D eigenvalue weighted by Gasteiger charge is 2.63. The molecule has 0 unspecified atom stereocenters. The average molecular weight is 784 g/mol. The van der Waals surface area contributed by atoms with Crippen LogP contribution < -0.4 is 0 Å². The van der Waals surface area contributed by atoms with Gasteiger partial charge in [0.1, 0.15) is 0 Å². The summed E-state index contributed by atoms with van der Waals surface area (Å²) in [6, 6.07) is 69.6. The van der Waals surface area contributed by atoms with Crippen LogP contribution in [0.15, 0.2) is 188 Å². The SMILES string of the molecule is c1ccc(C2(c3ccccc3)c3ccccc3C3(c4ccc(-c5nc(-c6cccc7ccccc67)nc(-c6cccc7ccccc67)n5)cc42)C2CC4CC(C2)CC3C4)cc1. The lowest BCUT2D eigenvalue weighted by Gasteiger charge is -2.65. The van der Waals surface area contributed by atoms with Crippen LogP contribution in [0.5, 0.6) is 0 Å². The van der Waals surface area contributed by atoms with Crippen LogP contribution in [0.4, 0.5) is 0 Å². The number of fused-ring (bicyclic) bond motifs is 4. The largest absolute Gasteiger partial charge is 0.208 e. The van der Waals surface area contributed by atoms with Gasteiger partial charge in [0.25, 0.3) is 0 Å². The standard InChI is InChI=1S/C58H45N3/c1-3-19-42(20-4-1)57(43-21-5-2-6-22-43)50-27-11-12-28-51(50)58(44-32-37-31-38(34-44)35-45(58)33-37)52-30-29-41(36-53(52)57)54-59-55(48-25-13-17-39-15-7-9-23-46(39)48)61-56(60-54)49-26-14-18-40-16-8-10-24-47(40)49/h1-30,36-38,44-45H,31-35H2. The van der Waals surface area contributed by atoms with Gasteiger partial charge in [0, 0.05) is 22.1 Å². The van der Waals surface area contributed by atoms with Crippen LogP contribution in [-0.4, -0.2) is 15.0 Å². The minimum atomic E-state index is -0.561. The molecule has 0 atom stereocenters. The van der Waals surface area contributed by atoms with E-state index < -0.39 is 5.41 Å². The van der Waals surface area contributed by atoms with Crippen molar-refractivity contribution in [2.45, 2.75) is 42.9 Å². The number of hydrogen-bond donors (Lipinski definition) is 0. The topological polar surface area (TPSA) is 38.7 Å². The van der Waals surface area contributed by atoms with E-state index in [1.54, 1.807) is 5.56 Å². The van der Waals surface area contributed by atoms with Crippen molar-refractivity contribution < 1.29 is 0 Å². The van der Waals surface area contributed by atoms with Gasteiger partial charge in [-0.3, -0.25) is 0 Å². The van der Waals surface area contributed by atoms with Gasteiger partial charge in [0.2, 0.25) is 0 Å². The summed E-state index contributed by atoms with van der Waals surface area (Å²) in [6.07, 6.45) is 6.71. The summed E-state index contributed by atoms with van der Waals surface area (Å²) < 4.78 is 0. The molecule has 5 aliphatic carbocycles. The molecule has 4 saturated carbocycles. The quantitative estimate of drug-likeness (QED) is 0.174. The fraction of sp³-hybridized carbons (Fsp3) is 0.190. The first-order valence-electron chi connectivity index (χ1n) is 22.3. The summed E-state index contributed by atoms with van der Waals surface area (Å²) in [4.78, 5) is 16.3. The number of rotatable bonds is 5. The van der Waals surface area contributed by atoms with Crippen molar-refractivity contribution in [1.29, 1.82) is 0 Å². The Balaban J connectivity index is 1.13. The molecule has 61 heavy (non-hydrogen) atoms. The maximum Gasteiger partial charge on any atom is 0.164 e. The molecule has 1 aromatic heterocycles. The Morgan fingerprint density at radius 3 is 1.39 bits per heavy atom. The minimum Gasteiger partial charge on any atom is -0.208 e. The number of nitrogens with zero attached hydrogens (tertiary/aromatic N) is 3. The summed E-state index contributed by atoms with van der Waals surface area (Å²) in [5.74, 6) is 4.99. The lowest BCUT2D eigenvalue weighted by atomic mass is 9.38. The highest BCUT2D eigenvalue weighted by molar-refractivity contribution is 5.97. The van der Waals surface area contributed by atoms with Crippen LogP contribution in [0.1, 0.15) is 65.5 Å². The first-order chi connectivity index (χ1) is 30.2. The Hall–Kier alpha value is -6.71. The molecule has 3 nitrogen and oxygen atoms in total. The molecule has 1 heterocycles. The Morgan fingerprint density at radius 2 is 0.820 bits per heavy atom. The lowest BCUT2D eigenvalue weighted by molar-refractivity contribution is -0.0440. The zero-order chi connectivity index (χ0) is 40.1. The van der Waals surface area contributed by atoms with Crippen molar-refractivity contribution in [3.8, 4) is 34.2 Å². The smallest absolute Gasteiger partial charge is 0.164 e. The third-order valence-corrected chi connectivity index (χ3v) is 15.4. The van der Waals surface area contributed by atoms with Gasteiger partial charge in [-0.15, -0.1) is 0 Å². The van der Waals surface area contributed by atoms with Crippen molar-refractivity contribution in [3.63, 3.8) is 0 Å². The van der Waals surface area contributed by atoms with E-state index >= 15 is 0 Å². The summed E-state index contributed by atoms with van der Waals surface area (Å²) >= 11 is 0. The van der Waals surface area contributed by atoms with Crippen LogP contribution in [0.25, 0.3) is 55.7 Å². The molecule has 0 N–H and O–H groups in total. The summed E-state index contributed by atoms with van der Waals surface area (Å²) in [7, 11) is 0. The Bertz CT molecular complexity index is 2990. The zero-order valence-corrected chi connectivity index (χ0v) is 34.1. The first-order valence-corrected chi connectivity index (χ1v) is 22.3. The third-order valence-electron chi connectivity index (χ3n) is 15.4. The van der Waals surface area contributed by atoms with Crippen LogP contribution in [0.2, 0.25) is 0 Å². The minimum absolute atomic E-state index is 0.0493. The summed E-state index contributed by atoms with van der Waals surface area (Å²) in [5, 5.41) is 4.59. The fourth-order valence-corrected chi connectivity index (χ4v) is 13.4. The van der Waals surface area contributed by atoms with Gasteiger partial charge in [-0.1, -0.05) is 182 Å². The van der Waals surface area contributed by atoms with E-state index in [1.807, 2.05) is 0 Å². The van der Waals surface area contributed by atoms with E-state index in [1.165, 1.54) is 59.9 Å². The van der Waals surface area contributed by atoms with E-state index in [0.29, 0.717) is 29.3 Å². The van der Waals surface area contributed by atoms with Gasteiger partial charge < -0.3 is 0 Å². The maximum absolute atomic E-state index is 5.47. The highest BCUT2D eigenvalue weighted by Crippen LogP contribution is 2.70. The summed E-state index contributed by atoms with van der Waals surface area (Å²) in [6.45, 7) is 0. The molecule has 0 radical (unpaired) electrons. The molecule has 0 aliphatic heterocycles.